The first-order valence-corrected chi connectivity index (χ1v) is 14.4. The molecule has 4 aromatic carbocycles. The van der Waals surface area contributed by atoms with Crippen LogP contribution in [0.3, 0.4) is 0 Å². The molecule has 7 heteroatoms. The molecular weight excluding hydrogens is 501 g/mol. The molecule has 1 unspecified atom stereocenters. The third-order valence-corrected chi connectivity index (χ3v) is 10.5. The smallest absolute Gasteiger partial charge is 0.172 e. The summed E-state index contributed by atoms with van der Waals surface area (Å²) in [6, 6.07) is 32.2. The zero-order valence-corrected chi connectivity index (χ0v) is 21.5. The van der Waals surface area contributed by atoms with Gasteiger partial charge in [0.25, 0.3) is 0 Å². The molecule has 0 saturated carbocycles. The van der Waals surface area contributed by atoms with Gasteiger partial charge in [-0.1, -0.05) is 42.5 Å². The average Bonchev–Trinajstić information content (AvgIpc) is 3.40. The van der Waals surface area contributed by atoms with Crippen molar-refractivity contribution in [2.75, 3.05) is 0 Å². The van der Waals surface area contributed by atoms with Gasteiger partial charge in [0.05, 0.1) is 22.1 Å². The quantitative estimate of drug-likeness (QED) is 0.218. The van der Waals surface area contributed by atoms with Crippen molar-refractivity contribution in [3.8, 4) is 0 Å². The Morgan fingerprint density at radius 1 is 0.615 bits per heavy atom. The summed E-state index contributed by atoms with van der Waals surface area (Å²) in [6.07, 6.45) is 6.68. The Kier molecular flexibility index (Phi) is 4.69. The molecule has 0 N–H and O–H groups in total. The number of benzene rings is 4. The lowest BCUT2D eigenvalue weighted by Crippen LogP contribution is -2.25. The topological polar surface area (TPSA) is 73.0 Å². The summed E-state index contributed by atoms with van der Waals surface area (Å²) in [5.74, 6) is 0. The molecule has 184 valence electrons. The Balaban J connectivity index is 1.48. The van der Waals surface area contributed by atoms with Gasteiger partial charge in [-0.25, -0.2) is 15.0 Å². The van der Waals surface area contributed by atoms with Crippen molar-refractivity contribution in [2.24, 2.45) is 0 Å². The zero-order chi connectivity index (χ0) is 26.0. The molecule has 0 aliphatic heterocycles. The van der Waals surface area contributed by atoms with Crippen molar-refractivity contribution in [3.05, 3.63) is 122 Å². The zero-order valence-electron chi connectivity index (χ0n) is 20.6. The van der Waals surface area contributed by atoms with E-state index < -0.39 is 7.14 Å². The van der Waals surface area contributed by atoms with Crippen LogP contribution in [-0.4, -0.2) is 24.3 Å². The number of hydrogen-bond donors (Lipinski definition) is 0. The fourth-order valence-electron chi connectivity index (χ4n) is 5.65. The predicted octanol–water partition coefficient (Wildman–Crippen LogP) is 5.77. The molecule has 0 aliphatic carbocycles. The first-order chi connectivity index (χ1) is 19.2. The maximum absolute atomic E-state index is 15.3. The van der Waals surface area contributed by atoms with E-state index in [0.29, 0.717) is 10.6 Å². The minimum atomic E-state index is -3.31. The molecule has 0 radical (unpaired) electrons. The van der Waals surface area contributed by atoms with Crippen molar-refractivity contribution in [3.63, 3.8) is 0 Å². The van der Waals surface area contributed by atoms with Crippen LogP contribution in [0.5, 0.6) is 0 Å². The fraction of sp³-hybridized carbons (Fsp3) is 0. The fourth-order valence-corrected chi connectivity index (χ4v) is 8.26. The summed E-state index contributed by atoms with van der Waals surface area (Å²) >= 11 is 0. The molecule has 8 rings (SSSR count). The van der Waals surface area contributed by atoms with Gasteiger partial charge in [0.15, 0.2) is 7.14 Å². The maximum atomic E-state index is 15.3. The third-order valence-electron chi connectivity index (χ3n) is 7.47. The molecule has 0 aliphatic rings. The van der Waals surface area contributed by atoms with Gasteiger partial charge < -0.3 is 4.57 Å². The van der Waals surface area contributed by atoms with Crippen LogP contribution in [0.4, 0.5) is 0 Å². The second-order valence-electron chi connectivity index (χ2n) is 9.59. The molecule has 0 bridgehead atoms. The number of nitrogens with zero attached hydrogens (tertiary/aromatic N) is 5. The van der Waals surface area contributed by atoms with Crippen LogP contribution in [0.25, 0.3) is 49.3 Å². The molecule has 4 heterocycles. The Labute approximate surface area is 223 Å². The predicted molar refractivity (Wildman–Crippen MR) is 158 cm³/mol. The van der Waals surface area contributed by atoms with Crippen molar-refractivity contribution in [2.45, 2.75) is 0 Å². The van der Waals surface area contributed by atoms with E-state index in [0.717, 1.165) is 54.6 Å². The Morgan fingerprint density at radius 2 is 1.38 bits per heavy atom. The minimum absolute atomic E-state index is 0.671. The monoisotopic (exact) mass is 521 g/mol. The molecule has 4 aromatic heterocycles. The first-order valence-electron chi connectivity index (χ1n) is 12.6. The third kappa shape index (κ3) is 3.19. The number of aromatic nitrogens is 5. The largest absolute Gasteiger partial charge is 0.309 e. The lowest BCUT2D eigenvalue weighted by molar-refractivity contribution is 0.592. The van der Waals surface area contributed by atoms with Crippen molar-refractivity contribution < 1.29 is 4.57 Å². The van der Waals surface area contributed by atoms with Crippen LogP contribution < -0.4 is 15.9 Å². The van der Waals surface area contributed by atoms with E-state index in [1.54, 1.807) is 18.6 Å². The van der Waals surface area contributed by atoms with E-state index >= 15 is 4.57 Å². The van der Waals surface area contributed by atoms with E-state index in [2.05, 4.69) is 55.8 Å². The highest BCUT2D eigenvalue weighted by Gasteiger charge is 2.31. The highest BCUT2D eigenvalue weighted by Crippen LogP contribution is 2.43. The number of rotatable bonds is 3. The first kappa shape index (κ1) is 22.1. The van der Waals surface area contributed by atoms with E-state index in [1.165, 1.54) is 6.33 Å². The minimum Gasteiger partial charge on any atom is -0.309 e. The van der Waals surface area contributed by atoms with E-state index in [-0.39, 0.29) is 0 Å². The van der Waals surface area contributed by atoms with Gasteiger partial charge in [-0.2, -0.15) is 0 Å². The van der Waals surface area contributed by atoms with Gasteiger partial charge in [-0.15, -0.1) is 0 Å². The second-order valence-corrected chi connectivity index (χ2v) is 12.4. The number of pyridine rings is 2. The van der Waals surface area contributed by atoms with Crippen LogP contribution >= 0.6 is 7.14 Å². The van der Waals surface area contributed by atoms with E-state index in [4.69, 9.17) is 4.98 Å². The van der Waals surface area contributed by atoms with Gasteiger partial charge in [0.2, 0.25) is 0 Å². The molecule has 1 atom stereocenters. The Hall–Kier alpha value is -4.93. The standard InChI is InChI=1S/C32H20N5OP/c38-39(24-6-5-15-33-19-24,22-11-13-28-21(16-22)18-34-20-35-28)23-12-14-29-31(17-23)37-30-10-4-3-8-26(30)25-7-1-2-9-27(25)32(37)36-29/h1-20H. The number of hydrogen-bond acceptors (Lipinski definition) is 5. The van der Waals surface area contributed by atoms with Crippen LogP contribution in [-0.2, 0) is 4.57 Å². The molecule has 39 heavy (non-hydrogen) atoms. The lowest BCUT2D eigenvalue weighted by Gasteiger charge is -2.20. The van der Waals surface area contributed by atoms with Gasteiger partial charge in [-0.3, -0.25) is 9.38 Å². The highest BCUT2D eigenvalue weighted by atomic mass is 31.2. The molecule has 0 fully saturated rings. The molecular formula is C32H20N5OP. The summed E-state index contributed by atoms with van der Waals surface area (Å²) in [5.41, 5.74) is 4.52. The second kappa shape index (κ2) is 8.29. The van der Waals surface area contributed by atoms with Crippen LogP contribution in [0.2, 0.25) is 0 Å². The normalized spacial score (nSPS) is 13.4. The SMILES string of the molecule is O=P(c1cccnc1)(c1ccc2ncncc2c1)c1ccc2nc3c4ccccc4c4ccccc4n3c2c1. The summed E-state index contributed by atoms with van der Waals surface area (Å²) < 4.78 is 17.5. The van der Waals surface area contributed by atoms with Crippen LogP contribution in [0.15, 0.2) is 122 Å². The van der Waals surface area contributed by atoms with Crippen molar-refractivity contribution >= 4 is 72.3 Å². The van der Waals surface area contributed by atoms with E-state index in [9.17, 15) is 0 Å². The molecule has 0 spiro atoms. The maximum Gasteiger partial charge on any atom is 0.172 e. The summed E-state index contributed by atoms with van der Waals surface area (Å²) in [7, 11) is -3.31. The summed E-state index contributed by atoms with van der Waals surface area (Å²) in [4.78, 5) is 17.9. The molecule has 0 amide bonds. The Bertz CT molecular complexity index is 2280. The van der Waals surface area contributed by atoms with Crippen LogP contribution in [0.1, 0.15) is 0 Å². The van der Waals surface area contributed by atoms with Gasteiger partial charge in [0, 0.05) is 50.7 Å². The molecule has 8 aromatic rings. The number of para-hydroxylation sites is 1. The highest BCUT2D eigenvalue weighted by molar-refractivity contribution is 7.85. The Morgan fingerprint density at radius 3 is 2.23 bits per heavy atom. The molecule has 0 saturated heterocycles. The van der Waals surface area contributed by atoms with Crippen molar-refractivity contribution in [1.29, 1.82) is 0 Å². The van der Waals surface area contributed by atoms with Gasteiger partial charge in [-0.05, 0) is 60.0 Å². The van der Waals surface area contributed by atoms with Gasteiger partial charge >= 0.3 is 0 Å². The summed E-state index contributed by atoms with van der Waals surface area (Å²) in [5, 5.41) is 6.33. The number of imidazole rings is 1. The van der Waals surface area contributed by atoms with Crippen LogP contribution in [0, 0.1) is 0 Å². The molecule has 6 nitrogen and oxygen atoms in total. The van der Waals surface area contributed by atoms with Crippen molar-refractivity contribution in [1.82, 2.24) is 24.3 Å². The van der Waals surface area contributed by atoms with E-state index in [1.807, 2.05) is 60.7 Å². The average molecular weight is 522 g/mol. The lowest BCUT2D eigenvalue weighted by atomic mass is 10.1. The summed E-state index contributed by atoms with van der Waals surface area (Å²) in [6.45, 7) is 0. The number of fused-ring (bicyclic) bond motifs is 9. The van der Waals surface area contributed by atoms with Gasteiger partial charge in [0.1, 0.15) is 12.0 Å².